The second-order valence-electron chi connectivity index (χ2n) is 4.80. The Bertz CT molecular complexity index is 416. The summed E-state index contributed by atoms with van der Waals surface area (Å²) < 4.78 is 5.08. The number of nitrogens with one attached hydrogen (secondary N) is 1. The molecule has 0 aromatic heterocycles. The third-order valence-electron chi connectivity index (χ3n) is 2.86. The molecule has 0 aliphatic heterocycles. The molecule has 0 spiro atoms. The van der Waals surface area contributed by atoms with Crippen molar-refractivity contribution in [2.45, 2.75) is 26.8 Å². The van der Waals surface area contributed by atoms with E-state index in [1.807, 2.05) is 20.8 Å². The number of rotatable bonds is 5. The molecule has 1 unspecified atom stereocenters. The van der Waals surface area contributed by atoms with Crippen molar-refractivity contribution < 1.29 is 14.6 Å². The van der Waals surface area contributed by atoms with Crippen molar-refractivity contribution in [3.8, 4) is 5.75 Å². The molecule has 2 N–H and O–H groups in total. The highest BCUT2D eigenvalue weighted by atomic mass is 16.5. The molecule has 0 aliphatic carbocycles. The van der Waals surface area contributed by atoms with Gasteiger partial charge >= 0.3 is 0 Å². The van der Waals surface area contributed by atoms with Crippen molar-refractivity contribution in [1.29, 1.82) is 0 Å². The van der Waals surface area contributed by atoms with Crippen LogP contribution in [0.25, 0.3) is 0 Å². The molecule has 0 bridgehead atoms. The van der Waals surface area contributed by atoms with Crippen LogP contribution >= 0.6 is 0 Å². The molecule has 0 saturated heterocycles. The lowest BCUT2D eigenvalue weighted by Gasteiger charge is -2.21. The molecule has 1 amide bonds. The number of hydrogen-bond donors (Lipinski definition) is 2. The minimum absolute atomic E-state index is 0.00183. The Hall–Kier alpha value is -1.55. The van der Waals surface area contributed by atoms with Gasteiger partial charge in [0.25, 0.3) is 5.91 Å². The Morgan fingerprint density at radius 3 is 2.67 bits per heavy atom. The standard InChI is InChI=1S/C14H21NO3/c1-9(2)12(8-18-4)15-14(17)11-7-10(3)5-6-13(11)16/h5-7,9,12,16H,8H2,1-4H3,(H,15,17). The summed E-state index contributed by atoms with van der Waals surface area (Å²) in [5, 5.41) is 12.6. The lowest BCUT2D eigenvalue weighted by Crippen LogP contribution is -2.41. The van der Waals surface area contributed by atoms with Crippen LogP contribution in [0.1, 0.15) is 29.8 Å². The van der Waals surface area contributed by atoms with E-state index >= 15 is 0 Å². The molecule has 100 valence electrons. The first-order valence-corrected chi connectivity index (χ1v) is 6.05. The highest BCUT2D eigenvalue weighted by Gasteiger charge is 2.19. The number of carbonyl (C=O) groups is 1. The van der Waals surface area contributed by atoms with E-state index in [0.29, 0.717) is 12.2 Å². The number of amides is 1. The second kappa shape index (κ2) is 6.40. The summed E-state index contributed by atoms with van der Waals surface area (Å²) in [6.07, 6.45) is 0. The van der Waals surface area contributed by atoms with E-state index in [2.05, 4.69) is 5.32 Å². The fourth-order valence-corrected chi connectivity index (χ4v) is 1.66. The number of ether oxygens (including phenoxy) is 1. The summed E-state index contributed by atoms with van der Waals surface area (Å²) in [4.78, 5) is 12.1. The van der Waals surface area contributed by atoms with E-state index in [1.165, 1.54) is 6.07 Å². The summed E-state index contributed by atoms with van der Waals surface area (Å²) in [7, 11) is 1.60. The summed E-state index contributed by atoms with van der Waals surface area (Å²) in [5.74, 6) is -0.00850. The average Bonchev–Trinajstić information content (AvgIpc) is 2.31. The van der Waals surface area contributed by atoms with Gasteiger partial charge in [0.05, 0.1) is 18.2 Å². The molecule has 4 nitrogen and oxygen atoms in total. The third kappa shape index (κ3) is 3.74. The molecule has 0 fully saturated rings. The van der Waals surface area contributed by atoms with Gasteiger partial charge in [-0.3, -0.25) is 4.79 Å². The molecule has 0 aliphatic rings. The van der Waals surface area contributed by atoms with Crippen LogP contribution in [-0.4, -0.2) is 30.8 Å². The van der Waals surface area contributed by atoms with Gasteiger partial charge in [-0.15, -0.1) is 0 Å². The predicted octanol–water partition coefficient (Wildman–Crippen LogP) is 2.10. The SMILES string of the molecule is COCC(NC(=O)c1cc(C)ccc1O)C(C)C. The Balaban J connectivity index is 2.83. The van der Waals surface area contributed by atoms with E-state index in [9.17, 15) is 9.90 Å². The first-order valence-electron chi connectivity index (χ1n) is 6.05. The number of carbonyl (C=O) groups excluding carboxylic acids is 1. The molecule has 1 rings (SSSR count). The van der Waals surface area contributed by atoms with E-state index in [-0.39, 0.29) is 23.6 Å². The highest BCUT2D eigenvalue weighted by molar-refractivity contribution is 5.97. The van der Waals surface area contributed by atoms with Crippen LogP contribution in [-0.2, 0) is 4.74 Å². The third-order valence-corrected chi connectivity index (χ3v) is 2.86. The predicted molar refractivity (Wildman–Crippen MR) is 70.8 cm³/mol. The van der Waals surface area contributed by atoms with E-state index in [0.717, 1.165) is 5.56 Å². The molecule has 0 saturated carbocycles. The molecule has 0 heterocycles. The van der Waals surface area contributed by atoms with Crippen LogP contribution < -0.4 is 5.32 Å². The van der Waals surface area contributed by atoms with E-state index < -0.39 is 0 Å². The van der Waals surface area contributed by atoms with Crippen molar-refractivity contribution >= 4 is 5.91 Å². The maximum absolute atomic E-state index is 12.1. The second-order valence-corrected chi connectivity index (χ2v) is 4.80. The molecule has 4 heteroatoms. The Labute approximate surface area is 108 Å². The van der Waals surface area contributed by atoms with Gasteiger partial charge < -0.3 is 15.2 Å². The van der Waals surface area contributed by atoms with Gasteiger partial charge in [-0.05, 0) is 25.0 Å². The molecular weight excluding hydrogens is 230 g/mol. The minimum atomic E-state index is -0.271. The zero-order valence-corrected chi connectivity index (χ0v) is 11.4. The fourth-order valence-electron chi connectivity index (χ4n) is 1.66. The van der Waals surface area contributed by atoms with Gasteiger partial charge in [0.2, 0.25) is 0 Å². The van der Waals surface area contributed by atoms with Gasteiger partial charge in [0.15, 0.2) is 0 Å². The Morgan fingerprint density at radius 2 is 2.11 bits per heavy atom. The average molecular weight is 251 g/mol. The zero-order valence-electron chi connectivity index (χ0n) is 11.4. The molecule has 0 radical (unpaired) electrons. The molecule has 1 aromatic carbocycles. The Morgan fingerprint density at radius 1 is 1.44 bits per heavy atom. The summed E-state index contributed by atoms with van der Waals surface area (Å²) >= 11 is 0. The van der Waals surface area contributed by atoms with Crippen molar-refractivity contribution in [2.24, 2.45) is 5.92 Å². The number of methoxy groups -OCH3 is 1. The maximum atomic E-state index is 12.1. The number of benzene rings is 1. The monoisotopic (exact) mass is 251 g/mol. The number of hydrogen-bond acceptors (Lipinski definition) is 3. The van der Waals surface area contributed by atoms with Crippen LogP contribution in [0.3, 0.4) is 0 Å². The topological polar surface area (TPSA) is 58.6 Å². The van der Waals surface area contributed by atoms with Crippen molar-refractivity contribution in [2.75, 3.05) is 13.7 Å². The zero-order chi connectivity index (χ0) is 13.7. The van der Waals surface area contributed by atoms with Crippen molar-refractivity contribution in [3.05, 3.63) is 29.3 Å². The van der Waals surface area contributed by atoms with E-state index in [1.54, 1.807) is 19.2 Å². The lowest BCUT2D eigenvalue weighted by atomic mass is 10.0. The molecule has 18 heavy (non-hydrogen) atoms. The van der Waals surface area contributed by atoms with Gasteiger partial charge in [0, 0.05) is 7.11 Å². The van der Waals surface area contributed by atoms with Crippen LogP contribution in [0.4, 0.5) is 0 Å². The quantitative estimate of drug-likeness (QED) is 0.842. The first-order chi connectivity index (χ1) is 8.45. The van der Waals surface area contributed by atoms with Crippen molar-refractivity contribution in [1.82, 2.24) is 5.32 Å². The van der Waals surface area contributed by atoms with Gasteiger partial charge in [0.1, 0.15) is 5.75 Å². The maximum Gasteiger partial charge on any atom is 0.255 e. The lowest BCUT2D eigenvalue weighted by molar-refractivity contribution is 0.0864. The van der Waals surface area contributed by atoms with Crippen LogP contribution in [0, 0.1) is 12.8 Å². The van der Waals surface area contributed by atoms with Gasteiger partial charge in [-0.25, -0.2) is 0 Å². The molecule has 1 aromatic rings. The molecular formula is C14H21NO3. The van der Waals surface area contributed by atoms with Gasteiger partial charge in [-0.1, -0.05) is 25.5 Å². The molecule has 1 atom stereocenters. The van der Waals surface area contributed by atoms with Crippen molar-refractivity contribution in [3.63, 3.8) is 0 Å². The fraction of sp³-hybridized carbons (Fsp3) is 0.500. The summed E-state index contributed by atoms with van der Waals surface area (Å²) in [6, 6.07) is 4.91. The number of aryl methyl sites for hydroxylation is 1. The number of aromatic hydroxyl groups is 1. The smallest absolute Gasteiger partial charge is 0.255 e. The summed E-state index contributed by atoms with van der Waals surface area (Å²) in [6.45, 7) is 6.36. The van der Waals surface area contributed by atoms with Gasteiger partial charge in [-0.2, -0.15) is 0 Å². The minimum Gasteiger partial charge on any atom is -0.507 e. The number of phenols is 1. The van der Waals surface area contributed by atoms with Crippen LogP contribution in [0.5, 0.6) is 5.75 Å². The van der Waals surface area contributed by atoms with E-state index in [4.69, 9.17) is 4.74 Å². The number of phenolic OH excluding ortho intramolecular Hbond substituents is 1. The first kappa shape index (κ1) is 14.5. The Kier molecular flexibility index (Phi) is 5.16. The largest absolute Gasteiger partial charge is 0.507 e. The van der Waals surface area contributed by atoms with Crippen LogP contribution in [0.2, 0.25) is 0 Å². The van der Waals surface area contributed by atoms with Crippen LogP contribution in [0.15, 0.2) is 18.2 Å². The highest BCUT2D eigenvalue weighted by Crippen LogP contribution is 2.18. The normalized spacial score (nSPS) is 12.5. The summed E-state index contributed by atoms with van der Waals surface area (Å²) in [5.41, 5.74) is 1.24.